The lowest BCUT2D eigenvalue weighted by atomic mass is 9.96. The molecule has 0 aliphatic carbocycles. The van der Waals surface area contributed by atoms with Gasteiger partial charge in [0.2, 0.25) is 0 Å². The molecule has 1 aliphatic rings. The van der Waals surface area contributed by atoms with Crippen LogP contribution in [0.2, 0.25) is 5.02 Å². The highest BCUT2D eigenvalue weighted by molar-refractivity contribution is 6.33. The van der Waals surface area contributed by atoms with Crippen LogP contribution in [0.3, 0.4) is 0 Å². The fraction of sp³-hybridized carbons (Fsp3) is 0.381. The molecule has 2 aromatic rings. The third kappa shape index (κ3) is 6.11. The van der Waals surface area contributed by atoms with Crippen LogP contribution >= 0.6 is 11.6 Å². The maximum atomic E-state index is 12.7. The van der Waals surface area contributed by atoms with E-state index in [1.807, 2.05) is 4.90 Å². The molecule has 156 valence electrons. The minimum atomic E-state index is -4.09. The Balaban J connectivity index is 1.43. The van der Waals surface area contributed by atoms with Crippen molar-refractivity contribution in [2.75, 3.05) is 31.6 Å². The zero-order valence-corrected chi connectivity index (χ0v) is 16.5. The number of ether oxygens (including phenoxy) is 1. The molecule has 0 spiro atoms. The van der Waals surface area contributed by atoms with Crippen molar-refractivity contribution in [2.24, 2.45) is 5.92 Å². The summed E-state index contributed by atoms with van der Waals surface area (Å²) in [4.78, 5) is 14.3. The van der Waals surface area contributed by atoms with E-state index in [0.29, 0.717) is 48.3 Å². The Morgan fingerprint density at radius 2 is 1.76 bits per heavy atom. The van der Waals surface area contributed by atoms with Gasteiger partial charge in [0.05, 0.1) is 16.6 Å². The summed E-state index contributed by atoms with van der Waals surface area (Å²) in [6.45, 7) is 1.80. The first-order chi connectivity index (χ1) is 13.8. The van der Waals surface area contributed by atoms with Crippen molar-refractivity contribution in [1.82, 2.24) is 4.90 Å². The molecule has 0 atom stereocenters. The summed E-state index contributed by atoms with van der Waals surface area (Å²) in [5, 5.41) is 3.21. The summed E-state index contributed by atoms with van der Waals surface area (Å²) in [6, 6.07) is 13.7. The maximum absolute atomic E-state index is 12.7. The number of benzene rings is 2. The Bertz CT molecular complexity index is 819. The van der Waals surface area contributed by atoms with Crippen LogP contribution in [-0.4, -0.2) is 43.2 Å². The third-order valence-electron chi connectivity index (χ3n) is 4.97. The maximum Gasteiger partial charge on any atom is 0.391 e. The van der Waals surface area contributed by atoms with Crippen LogP contribution in [0.4, 0.5) is 18.9 Å². The Kier molecular flexibility index (Phi) is 7.03. The van der Waals surface area contributed by atoms with E-state index in [9.17, 15) is 18.0 Å². The standard InChI is InChI=1S/C21H22ClF3N2O2/c22-18-3-1-2-4-19(18)26-20(28)15-5-7-17(8-6-15)29-14-13-27-11-9-16(10-12-27)21(23,24)25/h1-8,16H,9-14H2,(H,26,28). The lowest BCUT2D eigenvalue weighted by molar-refractivity contribution is -0.185. The van der Waals surface area contributed by atoms with Crippen LogP contribution in [0.25, 0.3) is 0 Å². The average Bonchev–Trinajstić information content (AvgIpc) is 2.70. The highest BCUT2D eigenvalue weighted by Crippen LogP contribution is 2.34. The number of amides is 1. The van der Waals surface area contributed by atoms with E-state index in [2.05, 4.69) is 5.32 Å². The number of alkyl halides is 3. The summed E-state index contributed by atoms with van der Waals surface area (Å²) < 4.78 is 43.7. The van der Waals surface area contributed by atoms with Crippen LogP contribution in [0.15, 0.2) is 48.5 Å². The topological polar surface area (TPSA) is 41.6 Å². The van der Waals surface area contributed by atoms with Gasteiger partial charge in [0, 0.05) is 12.1 Å². The second-order valence-corrected chi connectivity index (χ2v) is 7.37. The summed E-state index contributed by atoms with van der Waals surface area (Å²) in [5.74, 6) is -0.870. The van der Waals surface area contributed by atoms with E-state index in [0.717, 1.165) is 0 Å². The molecule has 0 radical (unpaired) electrons. The normalized spacial score (nSPS) is 15.9. The Morgan fingerprint density at radius 3 is 2.38 bits per heavy atom. The van der Waals surface area contributed by atoms with Crippen LogP contribution in [0, 0.1) is 5.92 Å². The molecule has 0 bridgehead atoms. The summed E-state index contributed by atoms with van der Waals surface area (Å²) >= 11 is 6.04. The Labute approximate surface area is 172 Å². The van der Waals surface area contributed by atoms with Crippen molar-refractivity contribution in [3.8, 4) is 5.75 Å². The monoisotopic (exact) mass is 426 g/mol. The first kappa shape index (κ1) is 21.5. The van der Waals surface area contributed by atoms with Crippen molar-refractivity contribution in [2.45, 2.75) is 19.0 Å². The fourth-order valence-electron chi connectivity index (χ4n) is 3.24. The molecule has 0 saturated carbocycles. The molecule has 1 N–H and O–H groups in total. The zero-order chi connectivity index (χ0) is 20.9. The molecular formula is C21H22ClF3N2O2. The first-order valence-electron chi connectivity index (χ1n) is 9.41. The van der Waals surface area contributed by atoms with Gasteiger partial charge < -0.3 is 10.1 Å². The van der Waals surface area contributed by atoms with Gasteiger partial charge in [-0.1, -0.05) is 23.7 Å². The van der Waals surface area contributed by atoms with Gasteiger partial charge in [-0.25, -0.2) is 0 Å². The van der Waals surface area contributed by atoms with E-state index in [-0.39, 0.29) is 18.7 Å². The van der Waals surface area contributed by atoms with Gasteiger partial charge in [-0.05, 0) is 62.3 Å². The number of para-hydroxylation sites is 1. The van der Waals surface area contributed by atoms with Crippen LogP contribution in [0.5, 0.6) is 5.75 Å². The number of nitrogens with one attached hydrogen (secondary N) is 1. The van der Waals surface area contributed by atoms with E-state index in [1.165, 1.54) is 0 Å². The van der Waals surface area contributed by atoms with E-state index >= 15 is 0 Å². The second-order valence-electron chi connectivity index (χ2n) is 6.96. The van der Waals surface area contributed by atoms with E-state index in [4.69, 9.17) is 16.3 Å². The quantitative estimate of drug-likeness (QED) is 0.686. The predicted molar refractivity (Wildman–Crippen MR) is 107 cm³/mol. The number of rotatable bonds is 6. The van der Waals surface area contributed by atoms with Crippen LogP contribution in [0.1, 0.15) is 23.2 Å². The SMILES string of the molecule is O=C(Nc1ccccc1Cl)c1ccc(OCCN2CCC(C(F)(F)F)CC2)cc1. The third-order valence-corrected chi connectivity index (χ3v) is 5.29. The molecule has 29 heavy (non-hydrogen) atoms. The summed E-state index contributed by atoms with van der Waals surface area (Å²) in [5.41, 5.74) is 1.00. The molecule has 1 heterocycles. The van der Waals surface area contributed by atoms with Crippen molar-refractivity contribution < 1.29 is 22.7 Å². The smallest absolute Gasteiger partial charge is 0.391 e. The minimum absolute atomic E-state index is 0.138. The number of hydrogen-bond donors (Lipinski definition) is 1. The van der Waals surface area contributed by atoms with Gasteiger partial charge in [0.1, 0.15) is 12.4 Å². The molecule has 2 aromatic carbocycles. The number of piperidine rings is 1. The molecule has 3 rings (SSSR count). The molecule has 0 aromatic heterocycles. The number of carbonyl (C=O) groups is 1. The lowest BCUT2D eigenvalue weighted by Gasteiger charge is -2.32. The fourth-order valence-corrected chi connectivity index (χ4v) is 3.42. The number of nitrogens with zero attached hydrogens (tertiary/aromatic N) is 1. The minimum Gasteiger partial charge on any atom is -0.492 e. The number of halogens is 4. The predicted octanol–water partition coefficient (Wildman–Crippen LogP) is 5.25. The Hall–Kier alpha value is -2.25. The van der Waals surface area contributed by atoms with Crippen molar-refractivity contribution in [1.29, 1.82) is 0 Å². The molecule has 8 heteroatoms. The molecule has 1 saturated heterocycles. The largest absolute Gasteiger partial charge is 0.492 e. The highest BCUT2D eigenvalue weighted by Gasteiger charge is 2.40. The van der Waals surface area contributed by atoms with Gasteiger partial charge in [0.15, 0.2) is 0 Å². The Morgan fingerprint density at radius 1 is 1.10 bits per heavy atom. The van der Waals surface area contributed by atoms with E-state index in [1.54, 1.807) is 48.5 Å². The number of likely N-dealkylation sites (tertiary alicyclic amines) is 1. The van der Waals surface area contributed by atoms with Gasteiger partial charge in [-0.15, -0.1) is 0 Å². The van der Waals surface area contributed by atoms with Crippen molar-refractivity contribution in [3.63, 3.8) is 0 Å². The van der Waals surface area contributed by atoms with Gasteiger partial charge in [-0.3, -0.25) is 9.69 Å². The zero-order valence-electron chi connectivity index (χ0n) is 15.7. The average molecular weight is 427 g/mol. The van der Waals surface area contributed by atoms with Gasteiger partial charge in [-0.2, -0.15) is 13.2 Å². The molecule has 4 nitrogen and oxygen atoms in total. The highest BCUT2D eigenvalue weighted by atomic mass is 35.5. The second kappa shape index (κ2) is 9.50. The van der Waals surface area contributed by atoms with Crippen LogP contribution in [-0.2, 0) is 0 Å². The van der Waals surface area contributed by atoms with E-state index < -0.39 is 12.1 Å². The van der Waals surface area contributed by atoms with Crippen LogP contribution < -0.4 is 10.1 Å². The molecule has 1 amide bonds. The number of carbonyl (C=O) groups excluding carboxylic acids is 1. The van der Waals surface area contributed by atoms with Gasteiger partial charge in [0.25, 0.3) is 5.91 Å². The van der Waals surface area contributed by atoms with Gasteiger partial charge >= 0.3 is 6.18 Å². The number of hydrogen-bond acceptors (Lipinski definition) is 3. The summed E-state index contributed by atoms with van der Waals surface area (Å²) in [7, 11) is 0. The molecule has 1 aliphatic heterocycles. The number of anilines is 1. The molecule has 1 fully saturated rings. The molecule has 0 unspecified atom stereocenters. The van der Waals surface area contributed by atoms with Crippen molar-refractivity contribution in [3.05, 3.63) is 59.1 Å². The molecular weight excluding hydrogens is 405 g/mol. The lowest BCUT2D eigenvalue weighted by Crippen LogP contribution is -2.40. The summed E-state index contributed by atoms with van der Waals surface area (Å²) in [6.07, 6.45) is -3.82. The van der Waals surface area contributed by atoms with Crippen molar-refractivity contribution >= 4 is 23.2 Å². The first-order valence-corrected chi connectivity index (χ1v) is 9.78.